The lowest BCUT2D eigenvalue weighted by molar-refractivity contribution is -0.124. The van der Waals surface area contributed by atoms with Gasteiger partial charge in [0.25, 0.3) is 5.91 Å². The fourth-order valence-electron chi connectivity index (χ4n) is 2.09. The summed E-state index contributed by atoms with van der Waals surface area (Å²) in [6, 6.07) is 6.77. The van der Waals surface area contributed by atoms with Gasteiger partial charge in [0.1, 0.15) is 6.10 Å². The van der Waals surface area contributed by atoms with Gasteiger partial charge >= 0.3 is 0 Å². The van der Waals surface area contributed by atoms with Gasteiger partial charge in [-0.3, -0.25) is 9.59 Å². The van der Waals surface area contributed by atoms with E-state index in [0.29, 0.717) is 24.3 Å². The Morgan fingerprint density at radius 2 is 2.10 bits per heavy atom. The van der Waals surface area contributed by atoms with Gasteiger partial charge in [-0.2, -0.15) is 0 Å². The largest absolute Gasteiger partial charge is 0.368 e. The molecule has 1 aliphatic heterocycles. The summed E-state index contributed by atoms with van der Waals surface area (Å²) in [6.07, 6.45) is 1.91. The van der Waals surface area contributed by atoms with E-state index < -0.39 is 5.38 Å². The van der Waals surface area contributed by atoms with Crippen LogP contribution in [0, 0.1) is 0 Å². The molecule has 1 heterocycles. The van der Waals surface area contributed by atoms with Gasteiger partial charge in [0.05, 0.1) is 5.38 Å². The van der Waals surface area contributed by atoms with Crippen LogP contribution >= 0.6 is 11.6 Å². The molecule has 1 aliphatic rings. The number of ether oxygens (including phenoxy) is 1. The highest BCUT2D eigenvalue weighted by Gasteiger charge is 2.23. The van der Waals surface area contributed by atoms with E-state index in [4.69, 9.17) is 16.3 Å². The molecule has 0 bridgehead atoms. The molecule has 20 heavy (non-hydrogen) atoms. The Kier molecular flexibility index (Phi) is 5.15. The number of nitrogens with one attached hydrogen (secondary N) is 1. The third-order valence-corrected chi connectivity index (χ3v) is 3.81. The van der Waals surface area contributed by atoms with Crippen molar-refractivity contribution in [1.29, 1.82) is 0 Å². The Morgan fingerprint density at radius 1 is 1.40 bits per heavy atom. The molecule has 2 rings (SSSR count). The number of ketones is 1. The van der Waals surface area contributed by atoms with E-state index >= 15 is 0 Å². The lowest BCUT2D eigenvalue weighted by Gasteiger charge is -2.11. The highest BCUT2D eigenvalue weighted by molar-refractivity contribution is 6.33. The van der Waals surface area contributed by atoms with Crippen molar-refractivity contribution in [3.63, 3.8) is 0 Å². The zero-order chi connectivity index (χ0) is 14.5. The molecule has 2 unspecified atom stereocenters. The van der Waals surface area contributed by atoms with E-state index in [1.165, 1.54) is 0 Å². The van der Waals surface area contributed by atoms with Gasteiger partial charge in [-0.05, 0) is 43.5 Å². The van der Waals surface area contributed by atoms with Crippen molar-refractivity contribution in [2.75, 3.05) is 11.9 Å². The predicted molar refractivity (Wildman–Crippen MR) is 78.3 cm³/mol. The number of alkyl halides is 1. The van der Waals surface area contributed by atoms with E-state index in [9.17, 15) is 9.59 Å². The van der Waals surface area contributed by atoms with E-state index in [0.717, 1.165) is 12.8 Å². The minimum Gasteiger partial charge on any atom is -0.368 e. The van der Waals surface area contributed by atoms with Gasteiger partial charge in [0.15, 0.2) is 5.78 Å². The molecule has 1 aromatic carbocycles. The molecule has 1 saturated heterocycles. The molecular weight excluding hydrogens is 278 g/mol. The van der Waals surface area contributed by atoms with Crippen molar-refractivity contribution in [1.82, 2.24) is 0 Å². The molecule has 2 atom stereocenters. The molecule has 4 nitrogen and oxygen atoms in total. The Bertz CT molecular complexity index is 480. The van der Waals surface area contributed by atoms with Crippen molar-refractivity contribution in [2.24, 2.45) is 0 Å². The first-order valence-corrected chi connectivity index (χ1v) is 7.26. The molecule has 108 valence electrons. The topological polar surface area (TPSA) is 55.4 Å². The molecule has 5 heteroatoms. The van der Waals surface area contributed by atoms with Gasteiger partial charge in [-0.25, -0.2) is 0 Å². The van der Waals surface area contributed by atoms with Crippen LogP contribution in [0.5, 0.6) is 0 Å². The van der Waals surface area contributed by atoms with Crippen LogP contribution in [-0.2, 0) is 9.53 Å². The minimum absolute atomic E-state index is 0.0915. The van der Waals surface area contributed by atoms with E-state index in [2.05, 4.69) is 5.32 Å². The lowest BCUT2D eigenvalue weighted by Crippen LogP contribution is -2.26. The second kappa shape index (κ2) is 6.86. The van der Waals surface area contributed by atoms with Gasteiger partial charge < -0.3 is 10.1 Å². The summed E-state index contributed by atoms with van der Waals surface area (Å²) in [5.41, 5.74) is 1.21. The molecule has 1 aromatic rings. The number of benzene rings is 1. The maximum Gasteiger partial charge on any atom is 0.253 e. The number of Topliss-reactive ketones (excluding diaryl/α,β-unsaturated/α-hetero) is 1. The fraction of sp³-hybridized carbons (Fsp3) is 0.467. The van der Waals surface area contributed by atoms with Gasteiger partial charge in [-0.1, -0.05) is 6.92 Å². The highest BCUT2D eigenvalue weighted by Crippen LogP contribution is 2.17. The molecular formula is C15H18ClNO3. The third-order valence-electron chi connectivity index (χ3n) is 3.30. The number of anilines is 1. The first kappa shape index (κ1) is 15.0. The fourth-order valence-corrected chi connectivity index (χ4v) is 2.22. The average Bonchev–Trinajstić information content (AvgIpc) is 3.01. The maximum atomic E-state index is 11.9. The predicted octanol–water partition coefficient (Wildman–Crippen LogP) is 3.00. The molecule has 1 N–H and O–H groups in total. The SMILES string of the molecule is CCC(Cl)C(=O)c1ccc(NC(=O)C2CCCO2)cc1. The summed E-state index contributed by atoms with van der Waals surface area (Å²) >= 11 is 5.92. The van der Waals surface area contributed by atoms with Crippen LogP contribution in [0.1, 0.15) is 36.5 Å². The summed E-state index contributed by atoms with van der Waals surface area (Å²) in [4.78, 5) is 23.7. The zero-order valence-electron chi connectivity index (χ0n) is 11.4. The number of hydrogen-bond acceptors (Lipinski definition) is 3. The van der Waals surface area contributed by atoms with Crippen molar-refractivity contribution in [3.8, 4) is 0 Å². The van der Waals surface area contributed by atoms with Crippen LogP contribution in [0.4, 0.5) is 5.69 Å². The van der Waals surface area contributed by atoms with E-state index in [1.54, 1.807) is 24.3 Å². The van der Waals surface area contributed by atoms with Crippen molar-refractivity contribution >= 4 is 29.0 Å². The van der Waals surface area contributed by atoms with Crippen LogP contribution in [0.25, 0.3) is 0 Å². The Balaban J connectivity index is 1.97. The number of carbonyl (C=O) groups is 2. The van der Waals surface area contributed by atoms with Crippen LogP contribution in [0.15, 0.2) is 24.3 Å². The molecule has 0 saturated carbocycles. The van der Waals surface area contributed by atoms with Gasteiger partial charge in [-0.15, -0.1) is 11.6 Å². The first-order valence-electron chi connectivity index (χ1n) is 6.82. The van der Waals surface area contributed by atoms with Crippen molar-refractivity contribution in [2.45, 2.75) is 37.7 Å². The van der Waals surface area contributed by atoms with Crippen LogP contribution in [-0.4, -0.2) is 29.8 Å². The molecule has 0 aromatic heterocycles. The monoisotopic (exact) mass is 295 g/mol. The minimum atomic E-state index is -0.498. The summed E-state index contributed by atoms with van der Waals surface area (Å²) in [5, 5.41) is 2.29. The van der Waals surface area contributed by atoms with Crippen molar-refractivity contribution < 1.29 is 14.3 Å². The normalized spacial score (nSPS) is 19.6. The Labute approximate surface area is 123 Å². The van der Waals surface area contributed by atoms with Crippen LogP contribution < -0.4 is 5.32 Å². The molecule has 1 fully saturated rings. The number of hydrogen-bond donors (Lipinski definition) is 1. The standard InChI is InChI=1S/C15H18ClNO3/c1-2-12(16)14(18)10-5-7-11(8-6-10)17-15(19)13-4-3-9-20-13/h5-8,12-13H,2-4,9H2,1H3,(H,17,19). The summed E-state index contributed by atoms with van der Waals surface area (Å²) in [6.45, 7) is 2.51. The Morgan fingerprint density at radius 3 is 2.65 bits per heavy atom. The number of halogens is 1. The van der Waals surface area contributed by atoms with Crippen molar-refractivity contribution in [3.05, 3.63) is 29.8 Å². The quantitative estimate of drug-likeness (QED) is 0.671. The molecule has 1 amide bonds. The molecule has 0 spiro atoms. The second-order valence-corrected chi connectivity index (χ2v) is 5.34. The smallest absolute Gasteiger partial charge is 0.253 e. The summed E-state index contributed by atoms with van der Waals surface area (Å²) in [7, 11) is 0. The van der Waals surface area contributed by atoms with E-state index in [1.807, 2.05) is 6.92 Å². The third kappa shape index (κ3) is 3.58. The van der Waals surface area contributed by atoms with E-state index in [-0.39, 0.29) is 17.8 Å². The molecule has 0 radical (unpaired) electrons. The first-order chi connectivity index (χ1) is 9.61. The maximum absolute atomic E-state index is 11.9. The summed E-state index contributed by atoms with van der Waals surface area (Å²) < 4.78 is 5.31. The highest BCUT2D eigenvalue weighted by atomic mass is 35.5. The second-order valence-electron chi connectivity index (χ2n) is 4.81. The van der Waals surface area contributed by atoms with Gasteiger partial charge in [0.2, 0.25) is 0 Å². The van der Waals surface area contributed by atoms with Crippen LogP contribution in [0.2, 0.25) is 0 Å². The van der Waals surface area contributed by atoms with Gasteiger partial charge in [0, 0.05) is 17.9 Å². The number of carbonyl (C=O) groups excluding carboxylic acids is 2. The average molecular weight is 296 g/mol. The number of rotatable bonds is 5. The molecule has 0 aliphatic carbocycles. The zero-order valence-corrected chi connectivity index (χ0v) is 12.2. The summed E-state index contributed by atoms with van der Waals surface area (Å²) in [5.74, 6) is -0.225. The number of amides is 1. The van der Waals surface area contributed by atoms with Crippen LogP contribution in [0.3, 0.4) is 0 Å². The Hall–Kier alpha value is -1.39. The lowest BCUT2D eigenvalue weighted by atomic mass is 10.1.